The van der Waals surface area contributed by atoms with Crippen molar-refractivity contribution in [1.29, 1.82) is 5.41 Å². The number of nitrogens with one attached hydrogen (secondary N) is 3. The maximum absolute atomic E-state index is 12.0. The highest BCUT2D eigenvalue weighted by Crippen LogP contribution is 2.21. The second-order valence-electron chi connectivity index (χ2n) is 4.77. The smallest absolute Gasteiger partial charge is 0.335 e. The lowest BCUT2D eigenvalue weighted by Gasteiger charge is -2.19. The Bertz CT molecular complexity index is 552. The number of guanidine groups is 1. The van der Waals surface area contributed by atoms with E-state index in [4.69, 9.17) is 5.41 Å². The predicted octanol–water partition coefficient (Wildman–Crippen LogP) is 1.52. The molecule has 0 heterocycles. The highest BCUT2D eigenvalue weighted by atomic mass is 32.2. The Morgan fingerprint density at radius 2 is 2.19 bits per heavy atom. The van der Waals surface area contributed by atoms with Gasteiger partial charge in [0, 0.05) is 13.6 Å². The molecule has 0 bridgehead atoms. The quantitative estimate of drug-likeness (QED) is 0.416. The van der Waals surface area contributed by atoms with Gasteiger partial charge in [-0.1, -0.05) is 18.2 Å². The van der Waals surface area contributed by atoms with E-state index in [2.05, 4.69) is 5.32 Å². The summed E-state index contributed by atoms with van der Waals surface area (Å²) < 4.78 is 25.9. The molecule has 0 aromatic rings. The Balaban J connectivity index is 2.56. The molecular formula is C13H22N4O3S. The van der Waals surface area contributed by atoms with E-state index in [1.807, 2.05) is 23.8 Å². The van der Waals surface area contributed by atoms with Gasteiger partial charge in [-0.25, -0.2) is 17.9 Å². The Kier molecular flexibility index (Phi) is 6.41. The standard InChI is InChI=1S/C13H22N4O3S/c1-3-4-10-17(2)12(14)15-13(18)16-21(19,20)11-8-6-5-7-9-11/h3-4,8H,5-7,9-10H2,1-2H3,(H3,14,15,16,18)/b4-3-. The van der Waals surface area contributed by atoms with Crippen LogP contribution in [0.3, 0.4) is 0 Å². The molecule has 0 aliphatic heterocycles. The first-order chi connectivity index (χ1) is 9.86. The van der Waals surface area contributed by atoms with E-state index in [-0.39, 0.29) is 10.9 Å². The Morgan fingerprint density at radius 1 is 1.48 bits per heavy atom. The summed E-state index contributed by atoms with van der Waals surface area (Å²) in [4.78, 5) is 13.4. The van der Waals surface area contributed by atoms with Gasteiger partial charge in [-0.3, -0.25) is 10.7 Å². The van der Waals surface area contributed by atoms with E-state index >= 15 is 0 Å². The lowest BCUT2D eigenvalue weighted by Crippen LogP contribution is -2.47. The fraction of sp³-hybridized carbons (Fsp3) is 0.538. The number of rotatable bonds is 4. The van der Waals surface area contributed by atoms with Crippen LogP contribution in [0.5, 0.6) is 0 Å². The fourth-order valence-corrected chi connectivity index (χ4v) is 3.00. The molecule has 0 aromatic carbocycles. The summed E-state index contributed by atoms with van der Waals surface area (Å²) in [5.41, 5.74) is 0. The molecule has 21 heavy (non-hydrogen) atoms. The highest BCUT2D eigenvalue weighted by Gasteiger charge is 2.22. The minimum Gasteiger partial charge on any atom is -0.342 e. The van der Waals surface area contributed by atoms with Crippen molar-refractivity contribution in [2.24, 2.45) is 0 Å². The van der Waals surface area contributed by atoms with Gasteiger partial charge in [0.1, 0.15) is 0 Å². The molecular weight excluding hydrogens is 292 g/mol. The van der Waals surface area contributed by atoms with E-state index in [0.29, 0.717) is 19.4 Å². The predicted molar refractivity (Wildman–Crippen MR) is 82.3 cm³/mol. The van der Waals surface area contributed by atoms with Crippen molar-refractivity contribution in [2.45, 2.75) is 32.6 Å². The van der Waals surface area contributed by atoms with E-state index in [1.54, 1.807) is 13.1 Å². The number of hydrogen-bond donors (Lipinski definition) is 3. The van der Waals surface area contributed by atoms with Gasteiger partial charge in [0.25, 0.3) is 10.0 Å². The van der Waals surface area contributed by atoms with Crippen LogP contribution >= 0.6 is 0 Å². The van der Waals surface area contributed by atoms with Gasteiger partial charge in [-0.05, 0) is 32.6 Å². The van der Waals surface area contributed by atoms with Gasteiger partial charge in [0.05, 0.1) is 4.91 Å². The van der Waals surface area contributed by atoms with Gasteiger partial charge in [-0.15, -0.1) is 0 Å². The summed E-state index contributed by atoms with van der Waals surface area (Å²) in [6.07, 6.45) is 8.20. The molecule has 0 aromatic heterocycles. The summed E-state index contributed by atoms with van der Waals surface area (Å²) >= 11 is 0. The van der Waals surface area contributed by atoms with Crippen LogP contribution in [0.15, 0.2) is 23.1 Å². The Hall–Kier alpha value is -1.83. The van der Waals surface area contributed by atoms with Gasteiger partial charge >= 0.3 is 6.03 Å². The molecule has 1 rings (SSSR count). The second kappa shape index (κ2) is 7.82. The van der Waals surface area contributed by atoms with Crippen LogP contribution in [0, 0.1) is 5.41 Å². The third-order valence-corrected chi connectivity index (χ3v) is 4.57. The molecule has 0 saturated carbocycles. The average Bonchev–Trinajstić information content (AvgIpc) is 2.44. The number of carbonyl (C=O) groups is 1. The number of carbonyl (C=O) groups excluding carboxylic acids is 1. The minimum absolute atomic E-state index is 0.168. The third-order valence-electron chi connectivity index (χ3n) is 3.05. The zero-order valence-corrected chi connectivity index (χ0v) is 13.2. The van der Waals surface area contributed by atoms with E-state index in [1.165, 1.54) is 4.90 Å². The number of urea groups is 1. The molecule has 0 fully saturated rings. The van der Waals surface area contributed by atoms with Gasteiger partial charge < -0.3 is 4.90 Å². The second-order valence-corrected chi connectivity index (χ2v) is 6.51. The SMILES string of the molecule is C/C=C\CN(C)C(=N)NC(=O)NS(=O)(=O)C1=CCCCC1. The number of allylic oxidation sites excluding steroid dienone is 3. The van der Waals surface area contributed by atoms with Crippen molar-refractivity contribution in [1.82, 2.24) is 14.9 Å². The molecule has 0 atom stereocenters. The van der Waals surface area contributed by atoms with Crippen LogP contribution in [0.1, 0.15) is 32.6 Å². The molecule has 3 N–H and O–H groups in total. The molecule has 0 unspecified atom stereocenters. The van der Waals surface area contributed by atoms with Crippen LogP contribution in [0.2, 0.25) is 0 Å². The van der Waals surface area contributed by atoms with Crippen molar-refractivity contribution < 1.29 is 13.2 Å². The molecule has 0 radical (unpaired) electrons. The van der Waals surface area contributed by atoms with E-state index < -0.39 is 16.1 Å². The number of amides is 2. The summed E-state index contributed by atoms with van der Waals surface area (Å²) in [7, 11) is -2.18. The maximum atomic E-state index is 12.0. The molecule has 0 saturated heterocycles. The van der Waals surface area contributed by atoms with E-state index in [9.17, 15) is 13.2 Å². The van der Waals surface area contributed by atoms with Crippen LogP contribution in [0.4, 0.5) is 4.79 Å². The zero-order valence-electron chi connectivity index (χ0n) is 12.3. The summed E-state index contributed by atoms with van der Waals surface area (Å²) in [6.45, 7) is 2.30. The number of nitrogens with zero attached hydrogens (tertiary/aromatic N) is 1. The van der Waals surface area contributed by atoms with Crippen molar-refractivity contribution in [3.05, 3.63) is 23.1 Å². The zero-order chi connectivity index (χ0) is 15.9. The molecule has 7 nitrogen and oxygen atoms in total. The lowest BCUT2D eigenvalue weighted by molar-refractivity contribution is 0.249. The molecule has 0 spiro atoms. The highest BCUT2D eigenvalue weighted by molar-refractivity contribution is 7.93. The summed E-state index contributed by atoms with van der Waals surface area (Å²) in [6, 6.07) is -0.918. The fourth-order valence-electron chi connectivity index (χ4n) is 1.82. The van der Waals surface area contributed by atoms with Crippen LogP contribution in [-0.2, 0) is 10.0 Å². The first-order valence-electron chi connectivity index (χ1n) is 6.80. The first-order valence-corrected chi connectivity index (χ1v) is 8.29. The molecule has 1 aliphatic rings. The molecule has 1 aliphatic carbocycles. The normalized spacial score (nSPS) is 15.4. The average molecular weight is 314 g/mol. The Morgan fingerprint density at radius 3 is 2.76 bits per heavy atom. The van der Waals surface area contributed by atoms with E-state index in [0.717, 1.165) is 12.8 Å². The summed E-state index contributed by atoms with van der Waals surface area (Å²) in [5.74, 6) is -0.168. The maximum Gasteiger partial charge on any atom is 0.335 e. The number of hydrogen-bond acceptors (Lipinski definition) is 4. The minimum atomic E-state index is -3.80. The third kappa shape index (κ3) is 5.58. The van der Waals surface area contributed by atoms with Crippen LogP contribution in [-0.4, -0.2) is 38.9 Å². The number of likely N-dealkylation sites (N-methyl/N-ethyl adjacent to an activating group) is 1. The van der Waals surface area contributed by atoms with Crippen molar-refractivity contribution in [3.63, 3.8) is 0 Å². The Labute approximate surface area is 125 Å². The lowest BCUT2D eigenvalue weighted by atomic mass is 10.1. The molecule has 2 amide bonds. The van der Waals surface area contributed by atoms with Crippen LogP contribution < -0.4 is 10.0 Å². The summed E-state index contributed by atoms with van der Waals surface area (Å²) in [5, 5.41) is 9.87. The first kappa shape index (κ1) is 17.2. The van der Waals surface area contributed by atoms with Crippen molar-refractivity contribution in [3.8, 4) is 0 Å². The molecule has 118 valence electrons. The van der Waals surface area contributed by atoms with Crippen molar-refractivity contribution >= 4 is 22.0 Å². The van der Waals surface area contributed by atoms with Crippen LogP contribution in [0.25, 0.3) is 0 Å². The monoisotopic (exact) mass is 314 g/mol. The van der Waals surface area contributed by atoms with Crippen molar-refractivity contribution in [2.75, 3.05) is 13.6 Å². The van der Waals surface area contributed by atoms with Gasteiger partial charge in [0.2, 0.25) is 0 Å². The largest absolute Gasteiger partial charge is 0.342 e. The van der Waals surface area contributed by atoms with Gasteiger partial charge in [-0.2, -0.15) is 0 Å². The molecule has 8 heteroatoms. The van der Waals surface area contributed by atoms with Gasteiger partial charge in [0.15, 0.2) is 5.96 Å². The topological polar surface area (TPSA) is 102 Å². The number of sulfonamides is 1.